The molecular formula is C17H17FO4S. The number of ketones is 1. The van der Waals surface area contributed by atoms with Crippen LogP contribution in [0.1, 0.15) is 10.4 Å². The molecule has 0 spiro atoms. The number of rotatable bonds is 7. The van der Waals surface area contributed by atoms with Crippen molar-refractivity contribution >= 4 is 17.5 Å². The van der Waals surface area contributed by atoms with Gasteiger partial charge in [0.2, 0.25) is 5.75 Å². The number of methoxy groups -OCH3 is 3. The normalized spacial score (nSPS) is 10.3. The maximum Gasteiger partial charge on any atom is 0.203 e. The Hall–Kier alpha value is -2.21. The molecule has 2 rings (SSSR count). The predicted octanol–water partition coefficient (Wildman–Crippen LogP) is 3.83. The third-order valence-corrected chi connectivity index (χ3v) is 4.18. The highest BCUT2D eigenvalue weighted by Gasteiger charge is 2.17. The summed E-state index contributed by atoms with van der Waals surface area (Å²) in [4.78, 5) is 13.2. The SMILES string of the molecule is COc1cc(C(=O)CSc2ccc(F)cc2)cc(OC)c1OC. The summed E-state index contributed by atoms with van der Waals surface area (Å²) in [6, 6.07) is 9.26. The van der Waals surface area contributed by atoms with Crippen LogP contribution in [-0.4, -0.2) is 32.9 Å². The number of carbonyl (C=O) groups excluding carboxylic acids is 1. The first-order chi connectivity index (χ1) is 11.1. The van der Waals surface area contributed by atoms with Gasteiger partial charge in [-0.1, -0.05) is 0 Å². The first-order valence-electron chi connectivity index (χ1n) is 6.80. The number of halogens is 1. The van der Waals surface area contributed by atoms with Crippen molar-refractivity contribution in [3.63, 3.8) is 0 Å². The molecule has 0 fully saturated rings. The molecule has 2 aromatic rings. The maximum atomic E-state index is 12.9. The minimum Gasteiger partial charge on any atom is -0.493 e. The van der Waals surface area contributed by atoms with Gasteiger partial charge >= 0.3 is 0 Å². The molecule has 0 amide bonds. The highest BCUT2D eigenvalue weighted by Crippen LogP contribution is 2.38. The fourth-order valence-corrected chi connectivity index (χ4v) is 2.80. The lowest BCUT2D eigenvalue weighted by atomic mass is 10.1. The van der Waals surface area contributed by atoms with Gasteiger partial charge in [-0.25, -0.2) is 4.39 Å². The van der Waals surface area contributed by atoms with E-state index < -0.39 is 0 Å². The van der Waals surface area contributed by atoms with E-state index in [1.807, 2.05) is 0 Å². The number of benzene rings is 2. The second-order valence-corrected chi connectivity index (χ2v) is 5.63. The molecule has 0 aromatic heterocycles. The molecule has 23 heavy (non-hydrogen) atoms. The Bertz CT molecular complexity index is 660. The molecule has 2 aromatic carbocycles. The van der Waals surface area contributed by atoms with Gasteiger partial charge in [-0.2, -0.15) is 0 Å². The third-order valence-electron chi connectivity index (χ3n) is 3.17. The second-order valence-electron chi connectivity index (χ2n) is 4.58. The van der Waals surface area contributed by atoms with Gasteiger partial charge in [0, 0.05) is 10.5 Å². The van der Waals surface area contributed by atoms with Crippen LogP contribution in [0.15, 0.2) is 41.3 Å². The Morgan fingerprint density at radius 1 is 1.00 bits per heavy atom. The third kappa shape index (κ3) is 4.16. The molecule has 122 valence electrons. The van der Waals surface area contributed by atoms with Crippen molar-refractivity contribution in [2.75, 3.05) is 27.1 Å². The van der Waals surface area contributed by atoms with E-state index >= 15 is 0 Å². The highest BCUT2D eigenvalue weighted by molar-refractivity contribution is 8.00. The van der Waals surface area contributed by atoms with E-state index in [-0.39, 0.29) is 17.4 Å². The van der Waals surface area contributed by atoms with Crippen molar-refractivity contribution in [3.8, 4) is 17.2 Å². The van der Waals surface area contributed by atoms with Gasteiger partial charge in [0.25, 0.3) is 0 Å². The van der Waals surface area contributed by atoms with Crippen molar-refractivity contribution in [2.24, 2.45) is 0 Å². The van der Waals surface area contributed by atoms with Gasteiger partial charge in [0.05, 0.1) is 27.1 Å². The first kappa shape index (κ1) is 17.1. The average Bonchev–Trinajstić information content (AvgIpc) is 2.59. The van der Waals surface area contributed by atoms with Gasteiger partial charge in [-0.3, -0.25) is 4.79 Å². The summed E-state index contributed by atoms with van der Waals surface area (Å²) in [5.74, 6) is 1.15. The Morgan fingerprint density at radius 2 is 1.57 bits per heavy atom. The van der Waals surface area contributed by atoms with Crippen LogP contribution in [0.3, 0.4) is 0 Å². The summed E-state index contributed by atoms with van der Waals surface area (Å²) in [6.07, 6.45) is 0. The number of hydrogen-bond donors (Lipinski definition) is 0. The Balaban J connectivity index is 2.16. The van der Waals surface area contributed by atoms with Gasteiger partial charge in [-0.15, -0.1) is 11.8 Å². The van der Waals surface area contributed by atoms with Crippen LogP contribution < -0.4 is 14.2 Å². The lowest BCUT2D eigenvalue weighted by Crippen LogP contribution is -2.05. The van der Waals surface area contributed by atoms with E-state index in [0.717, 1.165) is 4.90 Å². The van der Waals surface area contributed by atoms with E-state index in [1.165, 1.54) is 45.2 Å². The fraction of sp³-hybridized carbons (Fsp3) is 0.235. The molecule has 4 nitrogen and oxygen atoms in total. The molecule has 0 saturated heterocycles. The molecule has 0 aliphatic rings. The largest absolute Gasteiger partial charge is 0.493 e. The number of thioether (sulfide) groups is 1. The van der Waals surface area contributed by atoms with Crippen molar-refractivity contribution in [1.29, 1.82) is 0 Å². The smallest absolute Gasteiger partial charge is 0.203 e. The van der Waals surface area contributed by atoms with Crippen LogP contribution in [0.25, 0.3) is 0 Å². The molecule has 0 saturated carbocycles. The summed E-state index contributed by atoms with van der Waals surface area (Å²) in [6.45, 7) is 0. The zero-order valence-electron chi connectivity index (χ0n) is 13.1. The van der Waals surface area contributed by atoms with E-state index in [0.29, 0.717) is 22.8 Å². The summed E-state index contributed by atoms with van der Waals surface area (Å²) in [5.41, 5.74) is 0.467. The van der Waals surface area contributed by atoms with Crippen molar-refractivity contribution < 1.29 is 23.4 Å². The topological polar surface area (TPSA) is 44.8 Å². The standard InChI is InChI=1S/C17H17FO4S/c1-20-15-8-11(9-16(21-2)17(15)22-3)14(19)10-23-13-6-4-12(18)5-7-13/h4-9H,10H2,1-3H3. The van der Waals surface area contributed by atoms with Crippen LogP contribution in [-0.2, 0) is 0 Å². The molecule has 0 N–H and O–H groups in total. The maximum absolute atomic E-state index is 12.9. The lowest BCUT2D eigenvalue weighted by molar-refractivity contribution is 0.102. The number of carbonyl (C=O) groups is 1. The van der Waals surface area contributed by atoms with Gasteiger partial charge < -0.3 is 14.2 Å². The molecule has 0 aliphatic carbocycles. The van der Waals surface area contributed by atoms with E-state index in [2.05, 4.69) is 0 Å². The summed E-state index contributed by atoms with van der Waals surface area (Å²) in [7, 11) is 4.50. The summed E-state index contributed by atoms with van der Waals surface area (Å²) >= 11 is 1.34. The molecule has 0 unspecified atom stereocenters. The number of ether oxygens (including phenoxy) is 3. The molecule has 0 radical (unpaired) electrons. The minimum absolute atomic E-state index is 0.0846. The lowest BCUT2D eigenvalue weighted by Gasteiger charge is -2.13. The molecule has 0 atom stereocenters. The zero-order valence-corrected chi connectivity index (χ0v) is 13.9. The van der Waals surface area contributed by atoms with Crippen molar-refractivity contribution in [3.05, 3.63) is 47.8 Å². The molecule has 0 aliphatic heterocycles. The first-order valence-corrected chi connectivity index (χ1v) is 7.79. The Morgan fingerprint density at radius 3 is 2.04 bits per heavy atom. The number of hydrogen-bond acceptors (Lipinski definition) is 5. The quantitative estimate of drug-likeness (QED) is 0.568. The van der Waals surface area contributed by atoms with Crippen molar-refractivity contribution in [1.82, 2.24) is 0 Å². The van der Waals surface area contributed by atoms with Gasteiger partial charge in [-0.05, 0) is 36.4 Å². The predicted molar refractivity (Wildman–Crippen MR) is 87.6 cm³/mol. The fourth-order valence-electron chi connectivity index (χ4n) is 2.01. The number of Topliss-reactive ketones (excluding diaryl/α,β-unsaturated/α-hetero) is 1. The average molecular weight is 336 g/mol. The van der Waals surface area contributed by atoms with E-state index in [1.54, 1.807) is 24.3 Å². The van der Waals surface area contributed by atoms with Gasteiger partial charge in [0.1, 0.15) is 5.82 Å². The zero-order chi connectivity index (χ0) is 16.8. The summed E-state index contributed by atoms with van der Waals surface area (Å²) < 4.78 is 28.6. The minimum atomic E-state index is -0.301. The molecule has 0 bridgehead atoms. The molecule has 0 heterocycles. The second kappa shape index (κ2) is 7.87. The summed E-state index contributed by atoms with van der Waals surface area (Å²) in [5, 5.41) is 0. The van der Waals surface area contributed by atoms with Crippen LogP contribution >= 0.6 is 11.8 Å². The Kier molecular flexibility index (Phi) is 5.87. The van der Waals surface area contributed by atoms with Crippen LogP contribution in [0.2, 0.25) is 0 Å². The van der Waals surface area contributed by atoms with Crippen LogP contribution in [0.5, 0.6) is 17.2 Å². The molecular weight excluding hydrogens is 319 g/mol. The van der Waals surface area contributed by atoms with E-state index in [4.69, 9.17) is 14.2 Å². The monoisotopic (exact) mass is 336 g/mol. The van der Waals surface area contributed by atoms with Crippen LogP contribution in [0.4, 0.5) is 4.39 Å². The Labute approximate surface area is 138 Å². The van der Waals surface area contributed by atoms with Crippen LogP contribution in [0, 0.1) is 5.82 Å². The highest BCUT2D eigenvalue weighted by atomic mass is 32.2. The molecule has 6 heteroatoms. The van der Waals surface area contributed by atoms with Gasteiger partial charge in [0.15, 0.2) is 17.3 Å². The van der Waals surface area contributed by atoms with Crippen molar-refractivity contribution in [2.45, 2.75) is 4.90 Å². The van der Waals surface area contributed by atoms with E-state index in [9.17, 15) is 9.18 Å².